The first kappa shape index (κ1) is 12.6. The van der Waals surface area contributed by atoms with Crippen LogP contribution in [0.5, 0.6) is 0 Å². The predicted octanol–water partition coefficient (Wildman–Crippen LogP) is 2.09. The molecule has 1 unspecified atom stereocenters. The molecule has 2 heteroatoms. The third-order valence-electron chi connectivity index (χ3n) is 3.88. The van der Waals surface area contributed by atoms with E-state index in [2.05, 4.69) is 41.5 Å². The lowest BCUT2D eigenvalue weighted by Crippen LogP contribution is -2.37. The monoisotopic (exact) mass is 232 g/mol. The summed E-state index contributed by atoms with van der Waals surface area (Å²) >= 11 is 0. The van der Waals surface area contributed by atoms with Crippen LogP contribution >= 0.6 is 0 Å². The molecule has 1 aromatic carbocycles. The summed E-state index contributed by atoms with van der Waals surface area (Å²) in [5.74, 6) is 0. The van der Waals surface area contributed by atoms with E-state index in [4.69, 9.17) is 0 Å². The molecule has 0 radical (unpaired) electrons. The number of hydrogen-bond donors (Lipinski definition) is 1. The Bertz CT molecular complexity index is 349. The van der Waals surface area contributed by atoms with E-state index in [0.717, 1.165) is 12.6 Å². The molecule has 1 aliphatic rings. The van der Waals surface area contributed by atoms with Gasteiger partial charge in [-0.15, -0.1) is 0 Å². The first-order valence-electron chi connectivity index (χ1n) is 6.73. The quantitative estimate of drug-likeness (QED) is 0.782. The Morgan fingerprint density at radius 3 is 2.82 bits per heavy atom. The van der Waals surface area contributed by atoms with Gasteiger partial charge in [0, 0.05) is 6.04 Å². The molecule has 1 atom stereocenters. The van der Waals surface area contributed by atoms with Crippen LogP contribution in [0, 0.1) is 0 Å². The van der Waals surface area contributed by atoms with Crippen molar-refractivity contribution in [2.45, 2.75) is 31.7 Å². The van der Waals surface area contributed by atoms with Crippen LogP contribution in [0.3, 0.4) is 0 Å². The summed E-state index contributed by atoms with van der Waals surface area (Å²) in [5.41, 5.74) is 3.12. The average molecular weight is 232 g/mol. The van der Waals surface area contributed by atoms with E-state index in [-0.39, 0.29) is 0 Å². The molecule has 0 aromatic heterocycles. The minimum absolute atomic E-state index is 0.738. The molecular weight excluding hydrogens is 208 g/mol. The minimum Gasteiger partial charge on any atom is -0.320 e. The normalized spacial score (nSPS) is 19.4. The number of nitrogens with one attached hydrogen (secondary N) is 1. The molecule has 0 heterocycles. The smallest absolute Gasteiger partial charge is 0.0136 e. The van der Waals surface area contributed by atoms with Gasteiger partial charge in [-0.05, 0) is 64.0 Å². The van der Waals surface area contributed by atoms with E-state index in [1.165, 1.54) is 32.2 Å². The van der Waals surface area contributed by atoms with E-state index in [1.54, 1.807) is 11.1 Å². The van der Waals surface area contributed by atoms with Crippen molar-refractivity contribution in [3.63, 3.8) is 0 Å². The van der Waals surface area contributed by atoms with Crippen molar-refractivity contribution >= 4 is 0 Å². The molecule has 17 heavy (non-hydrogen) atoms. The van der Waals surface area contributed by atoms with Gasteiger partial charge in [-0.1, -0.05) is 24.3 Å². The summed E-state index contributed by atoms with van der Waals surface area (Å²) in [6.07, 6.45) is 5.03. The van der Waals surface area contributed by atoms with Crippen molar-refractivity contribution in [2.24, 2.45) is 0 Å². The van der Waals surface area contributed by atoms with Crippen LogP contribution in [0.1, 0.15) is 24.0 Å². The maximum atomic E-state index is 3.21. The van der Waals surface area contributed by atoms with Crippen LogP contribution in [-0.4, -0.2) is 38.1 Å². The molecule has 2 rings (SSSR count). The van der Waals surface area contributed by atoms with Crippen molar-refractivity contribution in [2.75, 3.05) is 27.2 Å². The molecule has 0 aliphatic heterocycles. The summed E-state index contributed by atoms with van der Waals surface area (Å²) in [4.78, 5) is 2.54. The summed E-state index contributed by atoms with van der Waals surface area (Å²) in [6.45, 7) is 2.32. The second-order valence-corrected chi connectivity index (χ2v) is 5.10. The van der Waals surface area contributed by atoms with Gasteiger partial charge < -0.3 is 10.2 Å². The maximum Gasteiger partial charge on any atom is 0.0136 e. The number of benzene rings is 1. The van der Waals surface area contributed by atoms with Crippen LogP contribution in [0.25, 0.3) is 0 Å². The van der Waals surface area contributed by atoms with Gasteiger partial charge in [-0.25, -0.2) is 0 Å². The highest BCUT2D eigenvalue weighted by Gasteiger charge is 2.21. The Kier molecular flexibility index (Phi) is 4.57. The summed E-state index contributed by atoms with van der Waals surface area (Å²) in [6, 6.07) is 9.65. The van der Waals surface area contributed by atoms with Crippen molar-refractivity contribution in [3.05, 3.63) is 35.4 Å². The van der Waals surface area contributed by atoms with Gasteiger partial charge in [0.1, 0.15) is 0 Å². The van der Waals surface area contributed by atoms with E-state index in [0.29, 0.717) is 0 Å². The second kappa shape index (κ2) is 6.18. The molecule has 0 saturated carbocycles. The lowest BCUT2D eigenvalue weighted by atomic mass is 9.87. The highest BCUT2D eigenvalue weighted by molar-refractivity contribution is 5.30. The summed E-state index contributed by atoms with van der Waals surface area (Å²) in [5, 5.41) is 3.21. The highest BCUT2D eigenvalue weighted by atomic mass is 15.1. The molecule has 0 bridgehead atoms. The molecule has 2 nitrogen and oxygen atoms in total. The molecule has 0 amide bonds. The standard InChI is InChI=1S/C15H24N2/c1-16-10-5-11-17(2)15-9-8-13-6-3-4-7-14(13)12-15/h3-4,6-7,15-16H,5,8-12H2,1-2H3. The van der Waals surface area contributed by atoms with E-state index in [9.17, 15) is 0 Å². The predicted molar refractivity (Wildman–Crippen MR) is 73.4 cm³/mol. The lowest BCUT2D eigenvalue weighted by Gasteiger charge is -2.32. The molecule has 0 fully saturated rings. The first-order valence-corrected chi connectivity index (χ1v) is 6.73. The van der Waals surface area contributed by atoms with Crippen molar-refractivity contribution in [1.29, 1.82) is 0 Å². The zero-order chi connectivity index (χ0) is 12.1. The third-order valence-corrected chi connectivity index (χ3v) is 3.88. The molecular formula is C15H24N2. The number of fused-ring (bicyclic) bond motifs is 1. The molecule has 1 aromatic rings. The van der Waals surface area contributed by atoms with Gasteiger partial charge >= 0.3 is 0 Å². The Hall–Kier alpha value is -0.860. The fourth-order valence-electron chi connectivity index (χ4n) is 2.74. The largest absolute Gasteiger partial charge is 0.320 e. The SMILES string of the molecule is CNCCCN(C)C1CCc2ccccc2C1. The maximum absolute atomic E-state index is 3.21. The number of likely N-dealkylation sites (N-methyl/N-ethyl adjacent to an activating group) is 1. The van der Waals surface area contributed by atoms with Gasteiger partial charge in [-0.3, -0.25) is 0 Å². The topological polar surface area (TPSA) is 15.3 Å². The fourth-order valence-corrected chi connectivity index (χ4v) is 2.74. The number of nitrogens with zero attached hydrogens (tertiary/aromatic N) is 1. The van der Waals surface area contributed by atoms with Crippen molar-refractivity contribution in [1.82, 2.24) is 10.2 Å². The molecule has 0 spiro atoms. The van der Waals surface area contributed by atoms with Crippen LogP contribution in [0.15, 0.2) is 24.3 Å². The molecule has 94 valence electrons. The Morgan fingerprint density at radius 1 is 1.29 bits per heavy atom. The second-order valence-electron chi connectivity index (χ2n) is 5.10. The minimum atomic E-state index is 0.738. The Labute approximate surface area is 105 Å². The van der Waals surface area contributed by atoms with Crippen LogP contribution in [0.4, 0.5) is 0 Å². The molecule has 1 N–H and O–H groups in total. The van der Waals surface area contributed by atoms with E-state index in [1.807, 2.05) is 7.05 Å². The van der Waals surface area contributed by atoms with Gasteiger partial charge in [0.15, 0.2) is 0 Å². The Morgan fingerprint density at radius 2 is 2.06 bits per heavy atom. The zero-order valence-corrected chi connectivity index (χ0v) is 11.1. The number of aryl methyl sites for hydroxylation is 1. The molecule has 0 saturated heterocycles. The highest BCUT2D eigenvalue weighted by Crippen LogP contribution is 2.23. The summed E-state index contributed by atoms with van der Waals surface area (Å²) in [7, 11) is 4.30. The van der Waals surface area contributed by atoms with Gasteiger partial charge in [0.2, 0.25) is 0 Å². The average Bonchev–Trinajstić information content (AvgIpc) is 2.38. The number of hydrogen-bond acceptors (Lipinski definition) is 2. The van der Waals surface area contributed by atoms with E-state index >= 15 is 0 Å². The van der Waals surface area contributed by atoms with Gasteiger partial charge in [0.25, 0.3) is 0 Å². The van der Waals surface area contributed by atoms with Crippen LogP contribution in [-0.2, 0) is 12.8 Å². The van der Waals surface area contributed by atoms with Crippen LogP contribution in [0.2, 0.25) is 0 Å². The lowest BCUT2D eigenvalue weighted by molar-refractivity contribution is 0.219. The summed E-state index contributed by atoms with van der Waals surface area (Å²) < 4.78 is 0. The first-order chi connectivity index (χ1) is 8.31. The van der Waals surface area contributed by atoms with Crippen molar-refractivity contribution in [3.8, 4) is 0 Å². The van der Waals surface area contributed by atoms with Gasteiger partial charge in [-0.2, -0.15) is 0 Å². The van der Waals surface area contributed by atoms with Gasteiger partial charge in [0.05, 0.1) is 0 Å². The fraction of sp³-hybridized carbons (Fsp3) is 0.600. The zero-order valence-electron chi connectivity index (χ0n) is 11.1. The Balaban J connectivity index is 1.88. The third kappa shape index (κ3) is 3.30. The number of rotatable bonds is 5. The van der Waals surface area contributed by atoms with E-state index < -0.39 is 0 Å². The molecule has 1 aliphatic carbocycles. The van der Waals surface area contributed by atoms with Crippen LogP contribution < -0.4 is 5.32 Å². The van der Waals surface area contributed by atoms with Crippen molar-refractivity contribution < 1.29 is 0 Å².